The molecule has 8 heteroatoms. The number of thiophene rings is 1. The zero-order valence-electron chi connectivity index (χ0n) is 12.3. The molecule has 0 unspecified atom stereocenters. The van der Waals surface area contributed by atoms with Gasteiger partial charge in [0.2, 0.25) is 0 Å². The molecule has 118 valence electrons. The van der Waals surface area contributed by atoms with Crippen molar-refractivity contribution in [3.8, 4) is 0 Å². The molecule has 1 fully saturated rings. The minimum Gasteiger partial charge on any atom is -0.396 e. The van der Waals surface area contributed by atoms with Crippen LogP contribution in [0.25, 0.3) is 0 Å². The lowest BCUT2D eigenvalue weighted by atomic mass is 10.3. The number of hydrogen-bond donors (Lipinski definition) is 2. The lowest BCUT2D eigenvalue weighted by Gasteiger charge is -2.16. The minimum atomic E-state index is -3.47. The molecule has 1 saturated heterocycles. The summed E-state index contributed by atoms with van der Waals surface area (Å²) in [6, 6.07) is 0. The van der Waals surface area contributed by atoms with E-state index in [9.17, 15) is 13.2 Å². The van der Waals surface area contributed by atoms with Gasteiger partial charge in [-0.1, -0.05) is 6.92 Å². The third-order valence-electron chi connectivity index (χ3n) is 3.39. The third kappa shape index (κ3) is 3.32. The molecule has 3 N–H and O–H groups in total. The van der Waals surface area contributed by atoms with Gasteiger partial charge in [0.25, 0.3) is 5.91 Å². The summed E-state index contributed by atoms with van der Waals surface area (Å²) in [4.78, 5) is 14.6. The second-order valence-corrected chi connectivity index (χ2v) is 8.15. The second-order valence-electron chi connectivity index (χ2n) is 5.20. The standard InChI is InChI=1S/C13H21N3O3S2/c1-3-6-15-12(17)10-9(14)11(21(2,18)19)13(20-10)16-7-4-5-8-16/h3-8,14H2,1-2H3,(H,15,17). The Hall–Kier alpha value is -1.28. The topological polar surface area (TPSA) is 92.5 Å². The highest BCUT2D eigenvalue weighted by Gasteiger charge is 2.30. The predicted molar refractivity (Wildman–Crippen MR) is 85.9 cm³/mol. The molecule has 1 aliphatic heterocycles. The summed E-state index contributed by atoms with van der Waals surface area (Å²) in [7, 11) is -3.47. The number of sulfone groups is 1. The Morgan fingerprint density at radius 2 is 2.00 bits per heavy atom. The molecule has 0 aliphatic carbocycles. The molecule has 2 rings (SSSR count). The predicted octanol–water partition coefficient (Wildman–Crippen LogP) is 1.47. The van der Waals surface area contributed by atoms with Crippen molar-refractivity contribution < 1.29 is 13.2 Å². The minimum absolute atomic E-state index is 0.0815. The summed E-state index contributed by atoms with van der Waals surface area (Å²) in [6.07, 6.45) is 4.00. The fourth-order valence-electron chi connectivity index (χ4n) is 2.39. The van der Waals surface area contributed by atoms with Crippen LogP contribution in [0, 0.1) is 0 Å². The number of nitrogen functional groups attached to an aromatic ring is 1. The number of anilines is 2. The smallest absolute Gasteiger partial charge is 0.263 e. The first-order valence-electron chi connectivity index (χ1n) is 7.01. The number of nitrogens with zero attached hydrogens (tertiary/aromatic N) is 1. The van der Waals surface area contributed by atoms with E-state index in [1.807, 2.05) is 11.8 Å². The third-order valence-corrected chi connectivity index (χ3v) is 5.94. The van der Waals surface area contributed by atoms with Gasteiger partial charge in [-0.25, -0.2) is 8.42 Å². The van der Waals surface area contributed by atoms with Crippen molar-refractivity contribution in [2.24, 2.45) is 0 Å². The number of carbonyl (C=O) groups is 1. The molecule has 0 atom stereocenters. The maximum absolute atomic E-state index is 12.1. The average molecular weight is 331 g/mol. The van der Waals surface area contributed by atoms with E-state index in [1.165, 1.54) is 11.3 Å². The first-order chi connectivity index (χ1) is 9.86. The summed E-state index contributed by atoms with van der Waals surface area (Å²) in [6.45, 7) is 4.11. The van der Waals surface area contributed by atoms with E-state index in [0.717, 1.165) is 38.6 Å². The van der Waals surface area contributed by atoms with Crippen LogP contribution in [-0.2, 0) is 9.84 Å². The molecule has 0 bridgehead atoms. The Morgan fingerprint density at radius 3 is 2.52 bits per heavy atom. The fraction of sp³-hybridized carbons (Fsp3) is 0.615. The number of hydrogen-bond acceptors (Lipinski definition) is 6. The Kier molecular flexibility index (Phi) is 4.77. The number of nitrogens with one attached hydrogen (secondary N) is 1. The zero-order valence-corrected chi connectivity index (χ0v) is 13.9. The summed E-state index contributed by atoms with van der Waals surface area (Å²) in [5.74, 6) is -0.297. The van der Waals surface area contributed by atoms with Crippen molar-refractivity contribution in [1.82, 2.24) is 5.32 Å². The maximum Gasteiger partial charge on any atom is 0.263 e. The van der Waals surface area contributed by atoms with E-state index < -0.39 is 9.84 Å². The lowest BCUT2D eigenvalue weighted by Crippen LogP contribution is -2.24. The van der Waals surface area contributed by atoms with Gasteiger partial charge in [0, 0.05) is 25.9 Å². The quantitative estimate of drug-likeness (QED) is 0.852. The molecule has 0 aromatic carbocycles. The van der Waals surface area contributed by atoms with Gasteiger partial charge in [-0.3, -0.25) is 4.79 Å². The monoisotopic (exact) mass is 331 g/mol. The van der Waals surface area contributed by atoms with Crippen LogP contribution < -0.4 is 16.0 Å². The molecule has 1 amide bonds. The van der Waals surface area contributed by atoms with Crippen LogP contribution in [0.3, 0.4) is 0 Å². The summed E-state index contributed by atoms with van der Waals surface area (Å²) < 4.78 is 24.1. The van der Waals surface area contributed by atoms with Gasteiger partial charge in [-0.15, -0.1) is 11.3 Å². The molecule has 1 aromatic heterocycles. The first kappa shape index (κ1) is 16.1. The summed E-state index contributed by atoms with van der Waals surface area (Å²) in [5.41, 5.74) is 6.06. The van der Waals surface area contributed by atoms with Gasteiger partial charge in [0.15, 0.2) is 9.84 Å². The molecule has 1 aromatic rings. The normalized spacial score (nSPS) is 15.4. The average Bonchev–Trinajstić information content (AvgIpc) is 3.01. The zero-order chi connectivity index (χ0) is 15.6. The van der Waals surface area contributed by atoms with E-state index in [-0.39, 0.29) is 16.5 Å². The molecular formula is C13H21N3O3S2. The van der Waals surface area contributed by atoms with Crippen LogP contribution in [0.5, 0.6) is 0 Å². The maximum atomic E-state index is 12.1. The number of rotatable bonds is 5. The van der Waals surface area contributed by atoms with Crippen LogP contribution in [0.2, 0.25) is 0 Å². The summed E-state index contributed by atoms with van der Waals surface area (Å²) >= 11 is 1.18. The molecular weight excluding hydrogens is 310 g/mol. The van der Waals surface area contributed by atoms with Crippen LogP contribution in [0.1, 0.15) is 35.9 Å². The van der Waals surface area contributed by atoms with Gasteiger partial charge < -0.3 is 16.0 Å². The van der Waals surface area contributed by atoms with Crippen molar-refractivity contribution in [2.75, 3.05) is 36.5 Å². The largest absolute Gasteiger partial charge is 0.396 e. The Morgan fingerprint density at radius 1 is 1.38 bits per heavy atom. The Balaban J connectivity index is 2.46. The van der Waals surface area contributed by atoms with E-state index >= 15 is 0 Å². The molecule has 0 radical (unpaired) electrons. The molecule has 1 aliphatic rings. The molecule has 21 heavy (non-hydrogen) atoms. The lowest BCUT2D eigenvalue weighted by molar-refractivity contribution is 0.0958. The van der Waals surface area contributed by atoms with Crippen molar-refractivity contribution in [1.29, 1.82) is 0 Å². The van der Waals surface area contributed by atoms with Gasteiger partial charge >= 0.3 is 0 Å². The van der Waals surface area contributed by atoms with Crippen molar-refractivity contribution in [2.45, 2.75) is 31.1 Å². The van der Waals surface area contributed by atoms with E-state index in [4.69, 9.17) is 5.73 Å². The van der Waals surface area contributed by atoms with Crippen molar-refractivity contribution >= 4 is 37.8 Å². The fourth-order valence-corrected chi connectivity index (χ4v) is 5.07. The highest BCUT2D eigenvalue weighted by molar-refractivity contribution is 7.91. The van der Waals surface area contributed by atoms with Crippen molar-refractivity contribution in [3.63, 3.8) is 0 Å². The number of nitrogens with two attached hydrogens (primary N) is 1. The Labute approximate surface area is 129 Å². The first-order valence-corrected chi connectivity index (χ1v) is 9.72. The highest BCUT2D eigenvalue weighted by atomic mass is 32.2. The molecule has 0 saturated carbocycles. The van der Waals surface area contributed by atoms with Gasteiger partial charge in [-0.05, 0) is 19.3 Å². The molecule has 6 nitrogen and oxygen atoms in total. The van der Waals surface area contributed by atoms with Gasteiger partial charge in [0.05, 0.1) is 5.69 Å². The van der Waals surface area contributed by atoms with Crippen molar-refractivity contribution in [3.05, 3.63) is 4.88 Å². The number of carbonyl (C=O) groups excluding carboxylic acids is 1. The second kappa shape index (κ2) is 6.23. The molecule has 0 spiro atoms. The van der Waals surface area contributed by atoms with Gasteiger partial charge in [0.1, 0.15) is 14.8 Å². The highest BCUT2D eigenvalue weighted by Crippen LogP contribution is 2.42. The van der Waals surface area contributed by atoms with Crippen LogP contribution in [0.4, 0.5) is 10.7 Å². The SMILES string of the molecule is CCCNC(=O)c1sc(N2CCCC2)c(S(C)(=O)=O)c1N. The summed E-state index contributed by atoms with van der Waals surface area (Å²) in [5, 5.41) is 3.36. The Bertz CT molecular complexity index is 631. The van der Waals surface area contributed by atoms with E-state index in [2.05, 4.69) is 5.32 Å². The van der Waals surface area contributed by atoms with Gasteiger partial charge in [-0.2, -0.15) is 0 Å². The molecule has 2 heterocycles. The van der Waals surface area contributed by atoms with E-state index in [0.29, 0.717) is 16.4 Å². The van der Waals surface area contributed by atoms with Crippen LogP contribution in [-0.4, -0.2) is 40.2 Å². The number of amides is 1. The van der Waals surface area contributed by atoms with E-state index in [1.54, 1.807) is 0 Å². The van der Waals surface area contributed by atoms with Crippen LogP contribution >= 0.6 is 11.3 Å². The van der Waals surface area contributed by atoms with Crippen LogP contribution in [0.15, 0.2) is 4.90 Å².